The summed E-state index contributed by atoms with van der Waals surface area (Å²) < 4.78 is 14.9. The molecule has 0 saturated carbocycles. The van der Waals surface area contributed by atoms with Crippen molar-refractivity contribution in [3.8, 4) is 0 Å². The Morgan fingerprint density at radius 2 is 0.971 bits per heavy atom. The van der Waals surface area contributed by atoms with E-state index in [0.717, 1.165) is 19.3 Å². The van der Waals surface area contributed by atoms with Gasteiger partial charge in [-0.1, -0.05) is 143 Å². The number of rotatable bonds is 24. The van der Waals surface area contributed by atoms with Gasteiger partial charge in [-0.2, -0.15) is 0 Å². The summed E-state index contributed by atoms with van der Waals surface area (Å²) in [6, 6.07) is 0. The number of hydrogen-bond acceptors (Lipinski definition) is 3. The van der Waals surface area contributed by atoms with E-state index in [4.69, 9.17) is 15.5 Å². The van der Waals surface area contributed by atoms with Gasteiger partial charge in [-0.25, -0.2) is 4.57 Å². The molecule has 0 aliphatic heterocycles. The minimum Gasteiger partial charge on any atom is -0.325 e. The van der Waals surface area contributed by atoms with Crippen LogP contribution in [-0.4, -0.2) is 21.9 Å². The lowest BCUT2D eigenvalue weighted by Gasteiger charge is -2.27. The average Bonchev–Trinajstić information content (AvgIpc) is 2.77. The predicted octanol–water partition coefficient (Wildman–Crippen LogP) is 9.69. The molecule has 0 saturated heterocycles. The van der Waals surface area contributed by atoms with E-state index in [2.05, 4.69) is 39.1 Å². The normalized spacial score (nSPS) is 12.9. The van der Waals surface area contributed by atoms with E-state index in [1.54, 1.807) is 0 Å². The van der Waals surface area contributed by atoms with Gasteiger partial charge in [0.15, 0.2) is 0 Å². The van der Waals surface area contributed by atoms with Gasteiger partial charge in [-0.3, -0.25) is 4.52 Å². The molecule has 0 aliphatic rings. The summed E-state index contributed by atoms with van der Waals surface area (Å²) in [5, 5.41) is 0. The first kappa shape index (κ1) is 37.2. The number of phosphoric ester groups is 1. The molecule has 0 radical (unpaired) electrons. The standard InChI is InChI=1S/C18H39O4P.C11H25N/c1-2-3-4-5-6-7-8-9-10-11-12-13-14-15-16-17-18-22-23(19,20)21;1-5-6-7-8-9-10(2)11(3,4)12/h2-18H2,1H3,(H2,19,20,21);10H,5-9,12H2,1-4H3. The molecule has 4 N–H and O–H groups in total. The van der Waals surface area contributed by atoms with Crippen molar-refractivity contribution in [2.24, 2.45) is 11.7 Å². The summed E-state index contributed by atoms with van der Waals surface area (Å²) >= 11 is 0. The second-order valence-corrected chi connectivity index (χ2v) is 12.4. The van der Waals surface area contributed by atoms with Crippen LogP contribution in [0.1, 0.15) is 169 Å². The van der Waals surface area contributed by atoms with Crippen molar-refractivity contribution in [3.05, 3.63) is 0 Å². The molecule has 214 valence electrons. The molecule has 0 amide bonds. The Hall–Kier alpha value is 0.0700. The lowest BCUT2D eigenvalue weighted by Crippen LogP contribution is -2.39. The Labute approximate surface area is 220 Å². The molecular formula is C29H64NO4P. The van der Waals surface area contributed by atoms with Crippen molar-refractivity contribution in [1.29, 1.82) is 0 Å². The highest BCUT2D eigenvalue weighted by Gasteiger charge is 2.19. The van der Waals surface area contributed by atoms with E-state index in [1.165, 1.54) is 116 Å². The highest BCUT2D eigenvalue weighted by Crippen LogP contribution is 2.35. The van der Waals surface area contributed by atoms with Crippen LogP contribution in [0.5, 0.6) is 0 Å². The molecule has 0 aliphatic carbocycles. The summed E-state index contributed by atoms with van der Waals surface area (Å²) in [5.41, 5.74) is 6.00. The quantitative estimate of drug-likeness (QED) is 0.0868. The SMILES string of the molecule is CCCCCCC(C)C(C)(C)N.CCCCCCCCCCCCCCCCCCOP(=O)(O)O. The minimum absolute atomic E-state index is 0.00617. The van der Waals surface area contributed by atoms with Crippen molar-refractivity contribution in [2.45, 2.75) is 175 Å². The number of phosphoric acid groups is 1. The van der Waals surface area contributed by atoms with Crippen molar-refractivity contribution in [3.63, 3.8) is 0 Å². The lowest BCUT2D eigenvalue weighted by atomic mass is 9.86. The molecule has 0 rings (SSSR count). The second-order valence-electron chi connectivity index (χ2n) is 11.2. The van der Waals surface area contributed by atoms with Crippen molar-refractivity contribution in [1.82, 2.24) is 0 Å². The van der Waals surface area contributed by atoms with Gasteiger partial charge < -0.3 is 15.5 Å². The number of unbranched alkanes of at least 4 members (excludes halogenated alkanes) is 18. The maximum Gasteiger partial charge on any atom is 0.469 e. The zero-order valence-corrected chi connectivity index (χ0v) is 25.3. The van der Waals surface area contributed by atoms with Crippen LogP contribution < -0.4 is 5.73 Å². The molecule has 0 aromatic carbocycles. The van der Waals surface area contributed by atoms with E-state index in [9.17, 15) is 4.57 Å². The van der Waals surface area contributed by atoms with Gasteiger partial charge in [-0.15, -0.1) is 0 Å². The Kier molecular flexibility index (Phi) is 27.3. The van der Waals surface area contributed by atoms with Crippen molar-refractivity contribution >= 4 is 7.82 Å². The fourth-order valence-corrected chi connectivity index (χ4v) is 4.45. The molecule has 0 bridgehead atoms. The maximum atomic E-state index is 10.5. The molecule has 0 heterocycles. The molecule has 1 unspecified atom stereocenters. The summed E-state index contributed by atoms with van der Waals surface area (Å²) in [5.74, 6) is 0.648. The molecule has 5 nitrogen and oxygen atoms in total. The second kappa shape index (κ2) is 25.7. The van der Waals surface area contributed by atoms with E-state index in [1.807, 2.05) is 0 Å². The highest BCUT2D eigenvalue weighted by atomic mass is 31.2. The van der Waals surface area contributed by atoms with Crippen LogP contribution in [0.2, 0.25) is 0 Å². The van der Waals surface area contributed by atoms with Crippen molar-refractivity contribution in [2.75, 3.05) is 6.61 Å². The fourth-order valence-electron chi connectivity index (χ4n) is 4.08. The van der Waals surface area contributed by atoms with Crippen LogP contribution in [0, 0.1) is 5.92 Å². The number of nitrogens with two attached hydrogens (primary N) is 1. The van der Waals surface area contributed by atoms with Gasteiger partial charge in [-0.05, 0) is 32.6 Å². The monoisotopic (exact) mass is 521 g/mol. The first-order valence-corrected chi connectivity index (χ1v) is 16.6. The molecule has 0 fully saturated rings. The molecule has 0 spiro atoms. The third kappa shape index (κ3) is 34.1. The maximum absolute atomic E-state index is 10.5. The summed E-state index contributed by atoms with van der Waals surface area (Å²) in [7, 11) is -4.26. The Morgan fingerprint density at radius 1 is 0.657 bits per heavy atom. The first-order valence-electron chi connectivity index (χ1n) is 15.0. The summed E-state index contributed by atoms with van der Waals surface area (Å²) in [6.45, 7) is 11.2. The van der Waals surface area contributed by atoms with Gasteiger partial charge in [0.1, 0.15) is 0 Å². The van der Waals surface area contributed by atoms with Gasteiger partial charge in [0.05, 0.1) is 6.61 Å². The van der Waals surface area contributed by atoms with Crippen LogP contribution in [0.25, 0.3) is 0 Å². The highest BCUT2D eigenvalue weighted by molar-refractivity contribution is 7.46. The third-order valence-corrected chi connectivity index (χ3v) is 7.54. The molecule has 1 atom stereocenters. The average molecular weight is 522 g/mol. The largest absolute Gasteiger partial charge is 0.469 e. The first-order chi connectivity index (χ1) is 16.5. The predicted molar refractivity (Wildman–Crippen MR) is 154 cm³/mol. The molecule has 0 aromatic heterocycles. The molecule has 6 heteroatoms. The summed E-state index contributed by atoms with van der Waals surface area (Å²) in [4.78, 5) is 17.1. The molecule has 0 aromatic rings. The Bertz CT molecular complexity index is 462. The lowest BCUT2D eigenvalue weighted by molar-refractivity contribution is 0.193. The van der Waals surface area contributed by atoms with E-state index in [0.29, 0.717) is 5.92 Å². The van der Waals surface area contributed by atoms with Crippen LogP contribution in [-0.2, 0) is 9.09 Å². The van der Waals surface area contributed by atoms with E-state index in [-0.39, 0.29) is 12.1 Å². The topological polar surface area (TPSA) is 92.8 Å². The van der Waals surface area contributed by atoms with Crippen LogP contribution in [0.4, 0.5) is 0 Å². The smallest absolute Gasteiger partial charge is 0.325 e. The van der Waals surface area contributed by atoms with Gasteiger partial charge >= 0.3 is 7.82 Å². The minimum atomic E-state index is -4.26. The fraction of sp³-hybridized carbons (Fsp3) is 1.00. The van der Waals surface area contributed by atoms with Gasteiger partial charge in [0.25, 0.3) is 0 Å². The zero-order valence-electron chi connectivity index (χ0n) is 24.4. The van der Waals surface area contributed by atoms with E-state index < -0.39 is 7.82 Å². The van der Waals surface area contributed by atoms with Crippen LogP contribution in [0.3, 0.4) is 0 Å². The van der Waals surface area contributed by atoms with Gasteiger partial charge in [0.2, 0.25) is 0 Å². The van der Waals surface area contributed by atoms with Crippen molar-refractivity contribution < 1.29 is 18.9 Å². The third-order valence-electron chi connectivity index (χ3n) is 7.02. The number of hydrogen-bond donors (Lipinski definition) is 3. The molecular weight excluding hydrogens is 457 g/mol. The van der Waals surface area contributed by atoms with E-state index >= 15 is 0 Å². The molecule has 35 heavy (non-hydrogen) atoms. The van der Waals surface area contributed by atoms with Crippen LogP contribution >= 0.6 is 7.82 Å². The van der Waals surface area contributed by atoms with Crippen LogP contribution in [0.15, 0.2) is 0 Å². The Balaban J connectivity index is 0. The Morgan fingerprint density at radius 3 is 1.29 bits per heavy atom. The summed E-state index contributed by atoms with van der Waals surface area (Å²) in [6.07, 6.45) is 27.4. The zero-order chi connectivity index (χ0) is 26.8. The van der Waals surface area contributed by atoms with Gasteiger partial charge in [0, 0.05) is 5.54 Å².